The van der Waals surface area contributed by atoms with E-state index in [1.807, 2.05) is 18.2 Å². The number of hydrogen-bond donors (Lipinski definition) is 1. The minimum atomic E-state index is -0.763. The van der Waals surface area contributed by atoms with Crippen molar-refractivity contribution in [3.63, 3.8) is 0 Å². The fourth-order valence-corrected chi connectivity index (χ4v) is 3.50. The van der Waals surface area contributed by atoms with Crippen molar-refractivity contribution < 1.29 is 19.5 Å². The smallest absolute Gasteiger partial charge is 0.303 e. The Morgan fingerprint density at radius 3 is 2.54 bits per heavy atom. The number of fused-ring (bicyclic) bond motifs is 1. The molecule has 2 heterocycles. The van der Waals surface area contributed by atoms with E-state index in [9.17, 15) is 14.4 Å². The highest BCUT2D eigenvalue weighted by molar-refractivity contribution is 6.00. The molecule has 24 heavy (non-hydrogen) atoms. The van der Waals surface area contributed by atoms with Crippen LogP contribution in [-0.2, 0) is 16.1 Å². The number of nitrogens with zero attached hydrogens (tertiary/aromatic N) is 2. The maximum atomic E-state index is 12.5. The van der Waals surface area contributed by atoms with Crippen LogP contribution in [0.15, 0.2) is 24.3 Å². The van der Waals surface area contributed by atoms with Gasteiger partial charge in [0, 0.05) is 31.6 Å². The quantitative estimate of drug-likeness (QED) is 0.892. The lowest BCUT2D eigenvalue weighted by Crippen LogP contribution is -2.44. The molecule has 6 nitrogen and oxygen atoms in total. The lowest BCUT2D eigenvalue weighted by molar-refractivity contribution is -0.138. The second-order valence-electron chi connectivity index (χ2n) is 6.57. The number of carboxylic acids is 1. The number of aliphatic carboxylic acids is 1. The molecule has 1 N–H and O–H groups in total. The zero-order valence-corrected chi connectivity index (χ0v) is 13.6. The Hall–Kier alpha value is -2.37. The Kier molecular flexibility index (Phi) is 4.83. The number of carbonyl (C=O) groups excluding carboxylic acids is 2. The van der Waals surface area contributed by atoms with Gasteiger partial charge in [-0.15, -0.1) is 0 Å². The van der Waals surface area contributed by atoms with Gasteiger partial charge < -0.3 is 14.9 Å². The van der Waals surface area contributed by atoms with Crippen molar-refractivity contribution in [2.24, 2.45) is 5.92 Å². The molecule has 1 saturated heterocycles. The molecule has 0 atom stereocenters. The van der Waals surface area contributed by atoms with Crippen LogP contribution in [0, 0.1) is 5.92 Å². The minimum absolute atomic E-state index is 0.0205. The largest absolute Gasteiger partial charge is 0.481 e. The molecule has 2 amide bonds. The van der Waals surface area contributed by atoms with Crippen LogP contribution in [0.25, 0.3) is 0 Å². The van der Waals surface area contributed by atoms with Crippen molar-refractivity contribution in [1.29, 1.82) is 0 Å². The Morgan fingerprint density at radius 1 is 1.17 bits per heavy atom. The van der Waals surface area contributed by atoms with Crippen LogP contribution in [0.1, 0.15) is 41.6 Å². The third-order valence-corrected chi connectivity index (χ3v) is 4.96. The predicted molar refractivity (Wildman–Crippen MR) is 87.4 cm³/mol. The summed E-state index contributed by atoms with van der Waals surface area (Å²) in [4.78, 5) is 38.8. The van der Waals surface area contributed by atoms with Gasteiger partial charge in [0.25, 0.3) is 5.91 Å². The first-order valence-corrected chi connectivity index (χ1v) is 8.41. The Labute approximate surface area is 141 Å². The van der Waals surface area contributed by atoms with Crippen LogP contribution in [0.4, 0.5) is 0 Å². The summed E-state index contributed by atoms with van der Waals surface area (Å²) >= 11 is 0. The molecular weight excluding hydrogens is 308 g/mol. The normalized spacial score (nSPS) is 17.9. The molecule has 128 valence electrons. The van der Waals surface area contributed by atoms with Crippen LogP contribution in [0.5, 0.6) is 0 Å². The van der Waals surface area contributed by atoms with E-state index in [1.165, 1.54) is 0 Å². The zero-order chi connectivity index (χ0) is 17.1. The summed E-state index contributed by atoms with van der Waals surface area (Å²) in [5, 5.41) is 8.74. The average molecular weight is 330 g/mol. The lowest BCUT2D eigenvalue weighted by atomic mass is 9.92. The highest BCUT2D eigenvalue weighted by Crippen LogP contribution is 2.24. The predicted octanol–water partition coefficient (Wildman–Crippen LogP) is 1.75. The van der Waals surface area contributed by atoms with E-state index in [0.29, 0.717) is 37.5 Å². The fraction of sp³-hybridized carbons (Fsp3) is 0.500. The van der Waals surface area contributed by atoms with Crippen LogP contribution in [-0.4, -0.2) is 52.3 Å². The Bertz CT molecular complexity index is 650. The minimum Gasteiger partial charge on any atom is -0.481 e. The molecule has 0 unspecified atom stereocenters. The van der Waals surface area contributed by atoms with Crippen LogP contribution in [0.3, 0.4) is 0 Å². The molecule has 2 aliphatic heterocycles. The van der Waals surface area contributed by atoms with E-state index in [2.05, 4.69) is 0 Å². The van der Waals surface area contributed by atoms with E-state index >= 15 is 0 Å². The topological polar surface area (TPSA) is 77.9 Å². The monoisotopic (exact) mass is 330 g/mol. The van der Waals surface area contributed by atoms with Crippen molar-refractivity contribution >= 4 is 17.8 Å². The third kappa shape index (κ3) is 3.58. The first-order valence-electron chi connectivity index (χ1n) is 8.41. The summed E-state index contributed by atoms with van der Waals surface area (Å²) < 4.78 is 0. The van der Waals surface area contributed by atoms with Crippen LogP contribution >= 0.6 is 0 Å². The second kappa shape index (κ2) is 7.03. The molecule has 1 aromatic carbocycles. The molecule has 0 bridgehead atoms. The van der Waals surface area contributed by atoms with Gasteiger partial charge >= 0.3 is 5.97 Å². The fourth-order valence-electron chi connectivity index (χ4n) is 3.50. The van der Waals surface area contributed by atoms with Crippen molar-refractivity contribution in [1.82, 2.24) is 9.80 Å². The van der Waals surface area contributed by atoms with Crippen LogP contribution < -0.4 is 0 Å². The van der Waals surface area contributed by atoms with Crippen LogP contribution in [0.2, 0.25) is 0 Å². The average Bonchev–Trinajstić information content (AvgIpc) is 2.90. The van der Waals surface area contributed by atoms with Gasteiger partial charge in [0.05, 0.1) is 0 Å². The number of hydrogen-bond acceptors (Lipinski definition) is 3. The summed E-state index contributed by atoms with van der Waals surface area (Å²) in [6, 6.07) is 7.46. The van der Waals surface area contributed by atoms with E-state index in [4.69, 9.17) is 5.11 Å². The number of carbonyl (C=O) groups is 3. The van der Waals surface area contributed by atoms with Crippen molar-refractivity contribution in [2.75, 3.05) is 19.6 Å². The molecule has 6 heteroatoms. The van der Waals surface area contributed by atoms with Gasteiger partial charge in [-0.3, -0.25) is 14.4 Å². The zero-order valence-electron chi connectivity index (χ0n) is 13.6. The highest BCUT2D eigenvalue weighted by Gasteiger charge is 2.30. The number of carboxylic acid groups (broad SMARTS) is 1. The summed E-state index contributed by atoms with van der Waals surface area (Å²) in [5.41, 5.74) is 1.67. The molecule has 1 aromatic rings. The standard InChI is InChI=1S/C18H22N2O4/c21-16(19-9-7-13(8-10-19)5-6-17(22)23)12-20-11-14-3-1-2-4-15(14)18(20)24/h1-4,13H,5-12H2,(H,22,23). The van der Waals surface area contributed by atoms with Gasteiger partial charge in [0.2, 0.25) is 5.91 Å². The number of likely N-dealkylation sites (tertiary alicyclic amines) is 1. The molecule has 2 aliphatic rings. The van der Waals surface area contributed by atoms with Gasteiger partial charge in [0.15, 0.2) is 0 Å². The van der Waals surface area contributed by atoms with E-state index in [0.717, 1.165) is 18.4 Å². The Morgan fingerprint density at radius 2 is 1.88 bits per heavy atom. The maximum Gasteiger partial charge on any atom is 0.303 e. The molecule has 3 rings (SSSR count). The number of piperidine rings is 1. The van der Waals surface area contributed by atoms with E-state index < -0.39 is 5.97 Å². The molecule has 0 spiro atoms. The molecule has 0 aliphatic carbocycles. The maximum absolute atomic E-state index is 12.5. The summed E-state index contributed by atoms with van der Waals surface area (Å²) in [5.74, 6) is -0.480. The lowest BCUT2D eigenvalue weighted by Gasteiger charge is -2.33. The summed E-state index contributed by atoms with van der Waals surface area (Å²) in [6.07, 6.45) is 2.55. The SMILES string of the molecule is O=C(O)CCC1CCN(C(=O)CN2Cc3ccccc3C2=O)CC1. The van der Waals surface area contributed by atoms with Crippen molar-refractivity contribution in [3.8, 4) is 0 Å². The Balaban J connectivity index is 1.49. The van der Waals surface area contributed by atoms with Crippen molar-refractivity contribution in [2.45, 2.75) is 32.2 Å². The summed E-state index contributed by atoms with van der Waals surface area (Å²) in [6.45, 7) is 1.92. The third-order valence-electron chi connectivity index (χ3n) is 4.96. The highest BCUT2D eigenvalue weighted by atomic mass is 16.4. The number of rotatable bonds is 5. The molecule has 0 saturated carbocycles. The molecular formula is C18H22N2O4. The number of amides is 2. The molecule has 0 radical (unpaired) electrons. The molecule has 1 fully saturated rings. The van der Waals surface area contributed by atoms with Gasteiger partial charge in [-0.05, 0) is 36.8 Å². The van der Waals surface area contributed by atoms with Gasteiger partial charge in [-0.1, -0.05) is 18.2 Å². The summed E-state index contributed by atoms with van der Waals surface area (Å²) in [7, 11) is 0. The first-order chi connectivity index (χ1) is 11.5. The van der Waals surface area contributed by atoms with E-state index in [-0.39, 0.29) is 24.8 Å². The van der Waals surface area contributed by atoms with E-state index in [1.54, 1.807) is 15.9 Å². The second-order valence-corrected chi connectivity index (χ2v) is 6.57. The van der Waals surface area contributed by atoms with Crippen molar-refractivity contribution in [3.05, 3.63) is 35.4 Å². The first kappa shape index (κ1) is 16.5. The van der Waals surface area contributed by atoms with Gasteiger partial charge in [-0.2, -0.15) is 0 Å². The molecule has 0 aromatic heterocycles. The number of benzene rings is 1. The van der Waals surface area contributed by atoms with Gasteiger partial charge in [0.1, 0.15) is 6.54 Å². The van der Waals surface area contributed by atoms with Gasteiger partial charge in [-0.25, -0.2) is 0 Å².